The number of nitrogens with zero attached hydrogens (tertiary/aromatic N) is 1. The van der Waals surface area contributed by atoms with Gasteiger partial charge >= 0.3 is 0 Å². The number of thiazole rings is 1. The number of para-hydroxylation sites is 1. The lowest BCUT2D eigenvalue weighted by Crippen LogP contribution is -2.50. The smallest absolute Gasteiger partial charge is 0.229 e. The molecule has 3 fully saturated rings. The van der Waals surface area contributed by atoms with Gasteiger partial charge in [0, 0.05) is 11.3 Å². The molecule has 2 aromatic rings. The van der Waals surface area contributed by atoms with E-state index in [1.54, 1.807) is 17.4 Å². The topological polar surface area (TPSA) is 59.1 Å². The van der Waals surface area contributed by atoms with Crippen molar-refractivity contribution < 1.29 is 9.59 Å². The van der Waals surface area contributed by atoms with Crippen LogP contribution in [-0.2, 0) is 9.59 Å². The molecule has 6 unspecified atom stereocenters. The van der Waals surface area contributed by atoms with E-state index in [-0.39, 0.29) is 28.4 Å². The summed E-state index contributed by atoms with van der Waals surface area (Å²) >= 11 is 1.56. The molecule has 6 rings (SSSR count). The number of anilines is 1. The maximum absolute atomic E-state index is 13.4. The zero-order chi connectivity index (χ0) is 22.1. The van der Waals surface area contributed by atoms with Crippen LogP contribution in [0, 0.1) is 34.5 Å². The Morgan fingerprint density at radius 3 is 2.81 bits per heavy atom. The molecule has 1 N–H and O–H groups in total. The van der Waals surface area contributed by atoms with E-state index in [1.807, 2.05) is 24.3 Å². The number of amides is 1. The molecule has 4 aliphatic rings. The van der Waals surface area contributed by atoms with E-state index in [0.29, 0.717) is 22.9 Å². The van der Waals surface area contributed by atoms with Crippen LogP contribution < -0.4 is 5.32 Å². The van der Waals surface area contributed by atoms with Crippen LogP contribution in [0.15, 0.2) is 48.1 Å². The zero-order valence-corrected chi connectivity index (χ0v) is 19.6. The minimum atomic E-state index is 0.0134. The highest BCUT2D eigenvalue weighted by atomic mass is 32.1. The third kappa shape index (κ3) is 2.89. The predicted molar refractivity (Wildman–Crippen MR) is 128 cm³/mol. The molecule has 0 aliphatic heterocycles. The summed E-state index contributed by atoms with van der Waals surface area (Å²) in [5.41, 5.74) is 2.34. The van der Waals surface area contributed by atoms with Crippen LogP contribution in [-0.4, -0.2) is 16.7 Å². The van der Waals surface area contributed by atoms with Gasteiger partial charge in [0.1, 0.15) is 0 Å². The van der Waals surface area contributed by atoms with Crippen LogP contribution in [0.3, 0.4) is 0 Å². The first-order valence-electron chi connectivity index (χ1n) is 12.0. The summed E-state index contributed by atoms with van der Waals surface area (Å²) in [6.45, 7) is 4.71. The molecule has 4 nitrogen and oxygen atoms in total. The van der Waals surface area contributed by atoms with Gasteiger partial charge in [-0.15, -0.1) is 0 Å². The molecule has 1 aromatic heterocycles. The van der Waals surface area contributed by atoms with Crippen LogP contribution in [0.2, 0.25) is 0 Å². The van der Waals surface area contributed by atoms with Gasteiger partial charge < -0.3 is 5.32 Å². The summed E-state index contributed by atoms with van der Waals surface area (Å²) in [4.78, 5) is 30.0. The summed E-state index contributed by atoms with van der Waals surface area (Å²) < 4.78 is 1.11. The molecule has 3 saturated carbocycles. The second-order valence-electron chi connectivity index (χ2n) is 10.8. The van der Waals surface area contributed by atoms with E-state index in [2.05, 4.69) is 36.3 Å². The van der Waals surface area contributed by atoms with Gasteiger partial charge in [-0.1, -0.05) is 49.0 Å². The summed E-state index contributed by atoms with van der Waals surface area (Å²) in [7, 11) is 0. The van der Waals surface area contributed by atoms with Crippen molar-refractivity contribution in [2.24, 2.45) is 34.5 Å². The number of ketones is 1. The fourth-order valence-corrected chi connectivity index (χ4v) is 8.62. The molecule has 1 heterocycles. The van der Waals surface area contributed by atoms with E-state index < -0.39 is 0 Å². The number of benzene rings is 1. The first-order valence-corrected chi connectivity index (χ1v) is 12.8. The highest BCUT2D eigenvalue weighted by Crippen LogP contribution is 2.66. The maximum atomic E-state index is 13.4. The molecule has 0 spiro atoms. The minimum Gasteiger partial charge on any atom is -0.302 e. The first kappa shape index (κ1) is 20.3. The van der Waals surface area contributed by atoms with Gasteiger partial charge in [0.2, 0.25) is 5.91 Å². The van der Waals surface area contributed by atoms with E-state index in [9.17, 15) is 9.59 Å². The lowest BCUT2D eigenvalue weighted by molar-refractivity contribution is -0.126. The van der Waals surface area contributed by atoms with Crippen molar-refractivity contribution in [1.82, 2.24) is 4.98 Å². The average Bonchev–Trinajstić information content (AvgIpc) is 3.34. The van der Waals surface area contributed by atoms with Gasteiger partial charge in [0.15, 0.2) is 10.9 Å². The number of allylic oxidation sites excluding steroid dienone is 4. The molecule has 1 amide bonds. The van der Waals surface area contributed by atoms with Gasteiger partial charge in [-0.3, -0.25) is 9.59 Å². The monoisotopic (exact) mass is 446 g/mol. The third-order valence-corrected chi connectivity index (χ3v) is 10.3. The van der Waals surface area contributed by atoms with Gasteiger partial charge in [-0.25, -0.2) is 4.98 Å². The molecular weight excluding hydrogens is 416 g/mol. The molecule has 1 aromatic carbocycles. The maximum Gasteiger partial charge on any atom is 0.229 e. The third-order valence-electron chi connectivity index (χ3n) is 9.40. The van der Waals surface area contributed by atoms with Gasteiger partial charge in [0.25, 0.3) is 0 Å². The van der Waals surface area contributed by atoms with Crippen LogP contribution in [0.5, 0.6) is 0 Å². The van der Waals surface area contributed by atoms with Gasteiger partial charge in [-0.2, -0.15) is 0 Å². The molecule has 5 heteroatoms. The fourth-order valence-electron chi connectivity index (χ4n) is 7.75. The first-order chi connectivity index (χ1) is 15.4. The van der Waals surface area contributed by atoms with Crippen LogP contribution in [0.25, 0.3) is 10.2 Å². The number of fused-ring (bicyclic) bond motifs is 6. The Bertz CT molecular complexity index is 1150. The van der Waals surface area contributed by atoms with Gasteiger partial charge in [0.05, 0.1) is 10.2 Å². The summed E-state index contributed by atoms with van der Waals surface area (Å²) in [6, 6.07) is 8.04. The number of hydrogen-bond acceptors (Lipinski definition) is 4. The SMILES string of the molecule is CC12C=CC(=O)C=C1CCC1C2CCC2(C)C(C(=O)Nc3nc4ccccc4s3)CCC12. The van der Waals surface area contributed by atoms with Crippen molar-refractivity contribution >= 4 is 38.4 Å². The molecular formula is C27H30N2O2S. The van der Waals surface area contributed by atoms with Gasteiger partial charge in [-0.05, 0) is 86.0 Å². The lowest BCUT2D eigenvalue weighted by atomic mass is 9.48. The van der Waals surface area contributed by atoms with E-state index in [0.717, 1.165) is 48.7 Å². The summed E-state index contributed by atoms with van der Waals surface area (Å²) in [5, 5.41) is 3.89. The normalized spacial score (nSPS) is 38.1. The molecule has 0 bridgehead atoms. The number of aromatic nitrogens is 1. The Hall–Kier alpha value is -2.27. The number of nitrogens with one attached hydrogen (secondary N) is 1. The second-order valence-corrected chi connectivity index (χ2v) is 11.8. The van der Waals surface area contributed by atoms with Crippen molar-refractivity contribution in [2.75, 3.05) is 5.32 Å². The lowest BCUT2D eigenvalue weighted by Gasteiger charge is -2.56. The number of carbonyl (C=O) groups excluding carboxylic acids is 2. The molecule has 4 aliphatic carbocycles. The Balaban J connectivity index is 1.24. The highest BCUT2D eigenvalue weighted by Gasteiger charge is 2.59. The van der Waals surface area contributed by atoms with E-state index >= 15 is 0 Å². The highest BCUT2D eigenvalue weighted by molar-refractivity contribution is 7.22. The predicted octanol–water partition coefficient (Wildman–Crippen LogP) is 6.16. The van der Waals surface area contributed by atoms with Crippen LogP contribution in [0.4, 0.5) is 5.13 Å². The van der Waals surface area contributed by atoms with Crippen molar-refractivity contribution in [3.63, 3.8) is 0 Å². The summed E-state index contributed by atoms with van der Waals surface area (Å²) in [5.74, 6) is 2.14. The molecule has 166 valence electrons. The summed E-state index contributed by atoms with van der Waals surface area (Å²) in [6.07, 6.45) is 12.4. The van der Waals surface area contributed by atoms with Crippen molar-refractivity contribution in [1.29, 1.82) is 0 Å². The molecule has 0 saturated heterocycles. The standard InChI is InChI=1S/C27H30N2O2S/c1-26-13-11-17(30)15-16(26)7-8-18-19-9-10-21(27(19,2)14-12-20(18)26)24(31)29-25-28-22-5-3-4-6-23(22)32-25/h3-6,11,13,15,18-21H,7-10,12,14H2,1-2H3,(H,28,29,31). The van der Waals surface area contributed by atoms with E-state index in [1.165, 1.54) is 5.57 Å². The van der Waals surface area contributed by atoms with Crippen molar-refractivity contribution in [3.05, 3.63) is 48.1 Å². The largest absolute Gasteiger partial charge is 0.302 e. The molecule has 6 atom stereocenters. The molecule has 0 radical (unpaired) electrons. The Morgan fingerprint density at radius 2 is 1.97 bits per heavy atom. The Morgan fingerprint density at radius 1 is 1.12 bits per heavy atom. The fraction of sp³-hybridized carbons (Fsp3) is 0.519. The number of hydrogen-bond donors (Lipinski definition) is 1. The number of carbonyl (C=O) groups is 2. The number of rotatable bonds is 2. The Kier molecular flexibility index (Phi) is 4.52. The van der Waals surface area contributed by atoms with Crippen molar-refractivity contribution in [2.45, 2.75) is 52.4 Å². The van der Waals surface area contributed by atoms with Crippen LogP contribution >= 0.6 is 11.3 Å². The van der Waals surface area contributed by atoms with Crippen LogP contribution in [0.1, 0.15) is 52.4 Å². The Labute approximate surface area is 193 Å². The quantitative estimate of drug-likeness (QED) is 0.601. The minimum absolute atomic E-state index is 0.0134. The van der Waals surface area contributed by atoms with E-state index in [4.69, 9.17) is 0 Å². The second kappa shape index (κ2) is 7.11. The molecule has 32 heavy (non-hydrogen) atoms. The average molecular weight is 447 g/mol. The van der Waals surface area contributed by atoms with Crippen molar-refractivity contribution in [3.8, 4) is 0 Å². The zero-order valence-electron chi connectivity index (χ0n) is 18.8.